The summed E-state index contributed by atoms with van der Waals surface area (Å²) < 4.78 is 31.5. The summed E-state index contributed by atoms with van der Waals surface area (Å²) in [6.45, 7) is 4.29. The van der Waals surface area contributed by atoms with Gasteiger partial charge < -0.3 is 45.3 Å². The summed E-state index contributed by atoms with van der Waals surface area (Å²) in [5, 5.41) is 10.7. The Labute approximate surface area is 330 Å². The third kappa shape index (κ3) is 9.98. The zero-order valence-electron chi connectivity index (χ0n) is 33.0. The molecule has 2 aliphatic heterocycles. The van der Waals surface area contributed by atoms with Crippen molar-refractivity contribution < 1.29 is 47.4 Å². The second kappa shape index (κ2) is 18.2. The Hall–Kier alpha value is -6.19. The summed E-state index contributed by atoms with van der Waals surface area (Å²) in [6, 6.07) is 1.95. The minimum absolute atomic E-state index is 0.0139. The van der Waals surface area contributed by atoms with Gasteiger partial charge in [-0.2, -0.15) is 0 Å². The molecule has 3 aliphatic rings. The average molecular weight is 789 g/mol. The van der Waals surface area contributed by atoms with E-state index in [1.807, 2.05) is 12.2 Å². The number of benzene rings is 2. The van der Waals surface area contributed by atoms with Gasteiger partial charge in [0, 0.05) is 26.9 Å². The lowest BCUT2D eigenvalue weighted by Crippen LogP contribution is -2.61. The number of likely N-dealkylation sites (N-methyl/N-ethyl adjacent to an activating group) is 2. The highest BCUT2D eigenvalue weighted by Crippen LogP contribution is 2.32. The molecule has 2 aromatic carbocycles. The zero-order chi connectivity index (χ0) is 41.6. The molecule has 0 saturated carbocycles. The second-order valence-corrected chi connectivity index (χ2v) is 14.4. The zero-order valence-corrected chi connectivity index (χ0v) is 33.0. The molecule has 4 N–H and O–H groups in total. The molecule has 1 fully saturated rings. The van der Waals surface area contributed by atoms with Crippen LogP contribution in [0.4, 0.5) is 4.39 Å². The van der Waals surface area contributed by atoms with Crippen LogP contribution in [-0.4, -0.2) is 110 Å². The lowest BCUT2D eigenvalue weighted by atomic mass is 9.96. The van der Waals surface area contributed by atoms with Crippen molar-refractivity contribution in [2.75, 3.05) is 28.3 Å². The van der Waals surface area contributed by atoms with E-state index in [4.69, 9.17) is 14.2 Å². The molecule has 0 aromatic heterocycles. The third-order valence-electron chi connectivity index (χ3n) is 10.2. The van der Waals surface area contributed by atoms with Crippen molar-refractivity contribution >= 4 is 35.4 Å². The van der Waals surface area contributed by atoms with Crippen LogP contribution < -0.4 is 35.5 Å². The highest BCUT2D eigenvalue weighted by atomic mass is 19.1. The molecule has 7 unspecified atom stereocenters. The first-order valence-corrected chi connectivity index (χ1v) is 18.6. The van der Waals surface area contributed by atoms with Gasteiger partial charge in [0.15, 0.2) is 23.1 Å². The summed E-state index contributed by atoms with van der Waals surface area (Å²) in [5.41, 5.74) is 0.935. The topological polar surface area (TPSA) is 185 Å². The molecule has 2 aromatic rings. The Balaban J connectivity index is 1.55. The number of rotatable bonds is 4. The summed E-state index contributed by atoms with van der Waals surface area (Å²) >= 11 is 0. The first kappa shape index (κ1) is 42.0. The molecule has 6 amide bonds. The van der Waals surface area contributed by atoms with Crippen LogP contribution in [0.15, 0.2) is 72.5 Å². The molecule has 2 heterocycles. The highest BCUT2D eigenvalue weighted by Gasteiger charge is 2.37. The molecular weight excluding hydrogens is 739 g/mol. The van der Waals surface area contributed by atoms with Crippen molar-refractivity contribution in [2.45, 2.75) is 76.3 Å². The van der Waals surface area contributed by atoms with Gasteiger partial charge in [-0.05, 0) is 80.7 Å². The van der Waals surface area contributed by atoms with Crippen molar-refractivity contribution in [2.24, 2.45) is 5.92 Å². The van der Waals surface area contributed by atoms with Gasteiger partial charge in [-0.15, -0.1) is 0 Å². The maximum Gasteiger partial charge on any atom is 0.245 e. The fraction of sp³-hybridized carbons (Fsp3) is 0.415. The van der Waals surface area contributed by atoms with E-state index in [2.05, 4.69) is 21.3 Å². The third-order valence-corrected chi connectivity index (χ3v) is 10.2. The van der Waals surface area contributed by atoms with Crippen LogP contribution >= 0.6 is 0 Å². The first-order chi connectivity index (χ1) is 27.1. The van der Waals surface area contributed by atoms with Gasteiger partial charge in [0.2, 0.25) is 35.4 Å². The van der Waals surface area contributed by atoms with Gasteiger partial charge in [0.1, 0.15) is 42.0 Å². The van der Waals surface area contributed by atoms with E-state index in [1.165, 1.54) is 66.1 Å². The number of nitrogens with one attached hydrogen (secondary N) is 4. The van der Waals surface area contributed by atoms with Crippen LogP contribution in [0.2, 0.25) is 0 Å². The Morgan fingerprint density at radius 2 is 1.40 bits per heavy atom. The maximum absolute atomic E-state index is 14.7. The predicted molar refractivity (Wildman–Crippen MR) is 206 cm³/mol. The van der Waals surface area contributed by atoms with Crippen molar-refractivity contribution in [3.63, 3.8) is 0 Å². The van der Waals surface area contributed by atoms with E-state index in [0.29, 0.717) is 28.4 Å². The van der Waals surface area contributed by atoms with Crippen LogP contribution in [0.1, 0.15) is 38.3 Å². The molecule has 6 bridgehead atoms. The Morgan fingerprint density at radius 1 is 0.754 bits per heavy atom. The molecule has 15 nitrogen and oxygen atoms in total. The molecular formula is C41H49FN6O9. The molecule has 5 rings (SSSR count). The largest absolute Gasteiger partial charge is 0.494 e. The lowest BCUT2D eigenvalue weighted by Gasteiger charge is -2.34. The number of methoxy groups -OCH3 is 2. The molecule has 0 spiro atoms. The predicted octanol–water partition coefficient (Wildman–Crippen LogP) is 1.70. The van der Waals surface area contributed by atoms with Gasteiger partial charge in [0.05, 0.1) is 14.2 Å². The summed E-state index contributed by atoms with van der Waals surface area (Å²) in [7, 11) is 5.61. The minimum atomic E-state index is -1.27. The van der Waals surface area contributed by atoms with E-state index < -0.39 is 77.5 Å². The molecule has 1 saturated heterocycles. The molecule has 16 heteroatoms. The fourth-order valence-electron chi connectivity index (χ4n) is 6.86. The smallest absolute Gasteiger partial charge is 0.245 e. The van der Waals surface area contributed by atoms with Crippen LogP contribution in [0.25, 0.3) is 0 Å². The van der Waals surface area contributed by atoms with Gasteiger partial charge in [0.25, 0.3) is 0 Å². The van der Waals surface area contributed by atoms with Crippen LogP contribution in [0.3, 0.4) is 0 Å². The summed E-state index contributed by atoms with van der Waals surface area (Å²) in [4.78, 5) is 86.1. The van der Waals surface area contributed by atoms with E-state index in [0.717, 1.165) is 4.90 Å². The van der Waals surface area contributed by atoms with E-state index in [9.17, 15) is 33.2 Å². The maximum atomic E-state index is 14.7. The van der Waals surface area contributed by atoms with E-state index in [-0.39, 0.29) is 30.9 Å². The molecule has 1 aliphatic carbocycles. The van der Waals surface area contributed by atoms with Crippen LogP contribution in [0.5, 0.6) is 17.2 Å². The summed E-state index contributed by atoms with van der Waals surface area (Å²) in [5.74, 6) is -3.89. The number of hydrogen-bond donors (Lipinski definition) is 4. The number of carbonyl (C=O) groups is 6. The number of ether oxygens (including phenoxy) is 3. The van der Waals surface area contributed by atoms with Crippen molar-refractivity contribution in [3.05, 3.63) is 89.5 Å². The normalized spacial score (nSPS) is 26.5. The number of amides is 6. The standard InChI is InChI=1S/C41H49FN6O9/c1-22-36(49)44-23(2)40(53)48(5)32(20-26-12-15-33(55-6)29(42)17-26)38(51)45-24(3)41(54)47(4)31-19-25-9-8-10-28(14-11-25)57-35-21-27(13-16-34(35)56-7)18-30(37(50)43-22)46-39(31)52/h8-17,21-25,30-32H,18-20H2,1-7H3,(H,43,50)(H,44,49)(H,45,51)(H,46,52). The number of carbonyl (C=O) groups excluding carboxylic acids is 6. The van der Waals surface area contributed by atoms with Gasteiger partial charge >= 0.3 is 0 Å². The number of hydrogen-bond acceptors (Lipinski definition) is 9. The average Bonchev–Trinajstić information content (AvgIpc) is 3.41. The quantitative estimate of drug-likeness (QED) is 0.358. The number of allylic oxidation sites excluding steroid dienone is 5. The van der Waals surface area contributed by atoms with Crippen LogP contribution in [-0.2, 0) is 41.6 Å². The highest BCUT2D eigenvalue weighted by molar-refractivity contribution is 5.98. The number of nitrogens with zero attached hydrogens (tertiary/aromatic N) is 2. The Morgan fingerprint density at radius 3 is 2.09 bits per heavy atom. The van der Waals surface area contributed by atoms with Gasteiger partial charge in [-0.3, -0.25) is 28.8 Å². The SMILES string of the molecule is COc1ccc(CC2C(=O)NC(C)C(=O)N(C)C3CC4C=CC=C(C=C4)Oc4cc(ccc4OC)CC(NC3=O)C(=O)NC(C)C(=O)NC(C)C(=O)N2C)cc1F. The summed E-state index contributed by atoms with van der Waals surface area (Å²) in [6.07, 6.45) is 8.81. The second-order valence-electron chi connectivity index (χ2n) is 14.4. The first-order valence-electron chi connectivity index (χ1n) is 18.6. The van der Waals surface area contributed by atoms with Crippen molar-refractivity contribution in [3.8, 4) is 17.2 Å². The molecule has 0 radical (unpaired) electrons. The molecule has 7 atom stereocenters. The molecule has 304 valence electrons. The molecule has 57 heavy (non-hydrogen) atoms. The van der Waals surface area contributed by atoms with Crippen molar-refractivity contribution in [1.82, 2.24) is 31.1 Å². The fourth-order valence-corrected chi connectivity index (χ4v) is 6.86. The number of halogens is 1. The lowest BCUT2D eigenvalue weighted by molar-refractivity contribution is -0.145. The minimum Gasteiger partial charge on any atom is -0.494 e. The monoisotopic (exact) mass is 788 g/mol. The van der Waals surface area contributed by atoms with E-state index >= 15 is 0 Å². The van der Waals surface area contributed by atoms with Gasteiger partial charge in [-0.1, -0.05) is 30.4 Å². The Kier molecular flexibility index (Phi) is 13.4. The van der Waals surface area contributed by atoms with Crippen molar-refractivity contribution in [1.29, 1.82) is 0 Å². The number of fused-ring (bicyclic) bond motifs is 7. The van der Waals surface area contributed by atoms with Crippen LogP contribution in [0, 0.1) is 11.7 Å². The van der Waals surface area contributed by atoms with E-state index in [1.54, 1.807) is 42.5 Å². The Bertz CT molecular complexity index is 2000. The van der Waals surface area contributed by atoms with Gasteiger partial charge in [-0.25, -0.2) is 4.39 Å².